The summed E-state index contributed by atoms with van der Waals surface area (Å²) in [5, 5.41) is 12.1. The molecule has 0 bridgehead atoms. The molecule has 21 heavy (non-hydrogen) atoms. The zero-order valence-electron chi connectivity index (χ0n) is 11.2. The third-order valence-corrected chi connectivity index (χ3v) is 3.09. The Kier molecular flexibility index (Phi) is 5.00. The maximum Gasteiger partial charge on any atom is 0.325 e. The molecule has 0 aliphatic rings. The average molecular weight is 291 g/mol. The minimum Gasteiger partial charge on any atom is -0.480 e. The lowest BCUT2D eigenvalue weighted by atomic mass is 10.1. The molecule has 0 fully saturated rings. The van der Waals surface area contributed by atoms with Crippen molar-refractivity contribution in [3.05, 3.63) is 71.3 Å². The van der Waals surface area contributed by atoms with Crippen LogP contribution in [0.4, 0.5) is 8.78 Å². The highest BCUT2D eigenvalue weighted by Gasteiger charge is 2.18. The molecule has 0 aliphatic heterocycles. The van der Waals surface area contributed by atoms with Gasteiger partial charge in [0.25, 0.3) is 6.43 Å². The fraction of sp³-hybridized carbons (Fsp3) is 0.188. The largest absolute Gasteiger partial charge is 0.480 e. The van der Waals surface area contributed by atoms with E-state index in [9.17, 15) is 18.7 Å². The number of nitrogens with one attached hydrogen (secondary N) is 1. The van der Waals surface area contributed by atoms with E-state index in [1.54, 1.807) is 36.4 Å². The first-order valence-electron chi connectivity index (χ1n) is 6.46. The van der Waals surface area contributed by atoms with Gasteiger partial charge in [-0.1, -0.05) is 48.5 Å². The lowest BCUT2D eigenvalue weighted by Crippen LogP contribution is -2.28. The maximum atomic E-state index is 12.6. The quantitative estimate of drug-likeness (QED) is 0.856. The number of rotatable bonds is 6. The van der Waals surface area contributed by atoms with E-state index in [1.165, 1.54) is 18.2 Å². The molecule has 0 aliphatic carbocycles. The van der Waals surface area contributed by atoms with Crippen LogP contribution in [0.15, 0.2) is 54.6 Å². The van der Waals surface area contributed by atoms with Gasteiger partial charge in [-0.15, -0.1) is 0 Å². The lowest BCUT2D eigenvalue weighted by molar-refractivity contribution is -0.139. The molecule has 0 amide bonds. The third-order valence-electron chi connectivity index (χ3n) is 3.09. The van der Waals surface area contributed by atoms with Crippen LogP contribution in [0.3, 0.4) is 0 Å². The van der Waals surface area contributed by atoms with Crippen LogP contribution in [0.1, 0.15) is 29.2 Å². The zero-order chi connectivity index (χ0) is 15.2. The molecular formula is C16H15F2NO2. The summed E-state index contributed by atoms with van der Waals surface area (Å²) in [4.78, 5) is 11.3. The van der Waals surface area contributed by atoms with Crippen molar-refractivity contribution in [1.29, 1.82) is 0 Å². The van der Waals surface area contributed by atoms with Crippen LogP contribution in [0.25, 0.3) is 0 Å². The highest BCUT2D eigenvalue weighted by Crippen LogP contribution is 2.20. The van der Waals surface area contributed by atoms with E-state index in [1.807, 2.05) is 0 Å². The van der Waals surface area contributed by atoms with Gasteiger partial charge in [-0.25, -0.2) is 8.78 Å². The maximum absolute atomic E-state index is 12.6. The summed E-state index contributed by atoms with van der Waals surface area (Å²) in [6.45, 7) is 0.201. The Morgan fingerprint density at radius 1 is 1.05 bits per heavy atom. The van der Waals surface area contributed by atoms with Crippen LogP contribution in [0, 0.1) is 0 Å². The van der Waals surface area contributed by atoms with Gasteiger partial charge in [-0.05, 0) is 17.2 Å². The minimum atomic E-state index is -2.53. The number of hydrogen-bond acceptors (Lipinski definition) is 2. The smallest absolute Gasteiger partial charge is 0.325 e. The van der Waals surface area contributed by atoms with Crippen molar-refractivity contribution < 1.29 is 18.7 Å². The van der Waals surface area contributed by atoms with Crippen molar-refractivity contribution in [3.8, 4) is 0 Å². The molecule has 2 N–H and O–H groups in total. The molecule has 110 valence electrons. The lowest BCUT2D eigenvalue weighted by Gasteiger charge is -2.15. The van der Waals surface area contributed by atoms with Gasteiger partial charge in [0.05, 0.1) is 0 Å². The second kappa shape index (κ2) is 6.95. The summed E-state index contributed by atoms with van der Waals surface area (Å²) >= 11 is 0. The summed E-state index contributed by atoms with van der Waals surface area (Å²) in [6.07, 6.45) is -2.53. The van der Waals surface area contributed by atoms with Crippen molar-refractivity contribution >= 4 is 5.97 Å². The molecular weight excluding hydrogens is 276 g/mol. The van der Waals surface area contributed by atoms with Gasteiger partial charge in [0.1, 0.15) is 6.04 Å². The molecule has 0 radical (unpaired) electrons. The van der Waals surface area contributed by atoms with Crippen molar-refractivity contribution in [3.63, 3.8) is 0 Å². The van der Waals surface area contributed by atoms with Gasteiger partial charge in [-0.2, -0.15) is 0 Å². The van der Waals surface area contributed by atoms with Crippen LogP contribution in [-0.4, -0.2) is 11.1 Å². The number of hydrogen-bond donors (Lipinski definition) is 2. The Labute approximate surface area is 121 Å². The third kappa shape index (κ3) is 4.10. The van der Waals surface area contributed by atoms with E-state index in [4.69, 9.17) is 0 Å². The molecule has 1 atom stereocenters. The van der Waals surface area contributed by atoms with Gasteiger partial charge < -0.3 is 5.11 Å². The number of halogens is 2. The fourth-order valence-corrected chi connectivity index (χ4v) is 2.05. The van der Waals surface area contributed by atoms with E-state index < -0.39 is 18.4 Å². The first-order chi connectivity index (χ1) is 10.1. The summed E-state index contributed by atoms with van der Waals surface area (Å²) < 4.78 is 25.2. The highest BCUT2D eigenvalue weighted by atomic mass is 19.3. The number of carboxylic acid groups (broad SMARTS) is 1. The molecule has 0 aromatic heterocycles. The van der Waals surface area contributed by atoms with Crippen molar-refractivity contribution in [2.75, 3.05) is 0 Å². The van der Waals surface area contributed by atoms with Gasteiger partial charge >= 0.3 is 5.97 Å². The van der Waals surface area contributed by atoms with E-state index in [2.05, 4.69) is 5.32 Å². The first-order valence-corrected chi connectivity index (χ1v) is 6.46. The van der Waals surface area contributed by atoms with Gasteiger partial charge in [0.2, 0.25) is 0 Å². The Balaban J connectivity index is 2.09. The molecule has 2 aromatic carbocycles. The van der Waals surface area contributed by atoms with E-state index >= 15 is 0 Å². The molecule has 0 saturated carbocycles. The summed E-state index contributed by atoms with van der Waals surface area (Å²) in [6, 6.07) is 13.8. The number of aliphatic carboxylic acids is 1. The second-order valence-corrected chi connectivity index (χ2v) is 4.61. The molecule has 3 nitrogen and oxygen atoms in total. The van der Waals surface area contributed by atoms with Crippen molar-refractivity contribution in [1.82, 2.24) is 5.32 Å². The van der Waals surface area contributed by atoms with E-state index in [-0.39, 0.29) is 12.1 Å². The first kappa shape index (κ1) is 15.1. The van der Waals surface area contributed by atoms with Crippen LogP contribution in [0.2, 0.25) is 0 Å². The molecule has 5 heteroatoms. The van der Waals surface area contributed by atoms with Gasteiger partial charge in [0.15, 0.2) is 0 Å². The van der Waals surface area contributed by atoms with Crippen LogP contribution >= 0.6 is 0 Å². The number of carbonyl (C=O) groups is 1. The van der Waals surface area contributed by atoms with E-state index in [0.29, 0.717) is 11.1 Å². The zero-order valence-corrected chi connectivity index (χ0v) is 11.2. The fourth-order valence-electron chi connectivity index (χ4n) is 2.05. The number of alkyl halides is 2. The van der Waals surface area contributed by atoms with Crippen LogP contribution in [-0.2, 0) is 11.3 Å². The van der Waals surface area contributed by atoms with E-state index in [0.717, 1.165) is 0 Å². The average Bonchev–Trinajstić information content (AvgIpc) is 2.48. The molecule has 2 aromatic rings. The highest BCUT2D eigenvalue weighted by molar-refractivity contribution is 5.75. The molecule has 0 spiro atoms. The standard InChI is InChI=1S/C16H15F2NO2/c17-15(18)13-8-4-5-11(9-13)10-19-14(16(20)21)12-6-2-1-3-7-12/h1-9,14-15,19H,10H2,(H,20,21). The minimum absolute atomic E-state index is 0.0686. The normalized spacial score (nSPS) is 12.3. The monoisotopic (exact) mass is 291 g/mol. The number of benzene rings is 2. The summed E-state index contributed by atoms with van der Waals surface area (Å²) in [5.74, 6) is -1.01. The predicted molar refractivity (Wildman–Crippen MR) is 75.1 cm³/mol. The number of carboxylic acids is 1. The molecule has 0 heterocycles. The summed E-state index contributed by atoms with van der Waals surface area (Å²) in [7, 11) is 0. The Hall–Kier alpha value is -2.27. The van der Waals surface area contributed by atoms with Crippen LogP contribution < -0.4 is 5.32 Å². The molecule has 2 rings (SSSR count). The molecule has 1 unspecified atom stereocenters. The SMILES string of the molecule is O=C(O)C(NCc1cccc(C(F)F)c1)c1ccccc1. The Morgan fingerprint density at radius 3 is 2.33 bits per heavy atom. The Morgan fingerprint density at radius 2 is 1.71 bits per heavy atom. The van der Waals surface area contributed by atoms with Crippen LogP contribution in [0.5, 0.6) is 0 Å². The Bertz CT molecular complexity index is 602. The predicted octanol–water partition coefficient (Wildman–Crippen LogP) is 3.54. The van der Waals surface area contributed by atoms with Gasteiger partial charge in [-0.3, -0.25) is 10.1 Å². The topological polar surface area (TPSA) is 49.3 Å². The van der Waals surface area contributed by atoms with Gasteiger partial charge in [0, 0.05) is 12.1 Å². The summed E-state index contributed by atoms with van der Waals surface area (Å²) in [5.41, 5.74) is 1.17. The molecule has 0 saturated heterocycles. The van der Waals surface area contributed by atoms with Crippen molar-refractivity contribution in [2.24, 2.45) is 0 Å². The second-order valence-electron chi connectivity index (χ2n) is 4.61. The van der Waals surface area contributed by atoms with Crippen molar-refractivity contribution in [2.45, 2.75) is 19.0 Å².